The Morgan fingerprint density at radius 1 is 1.22 bits per heavy atom. The highest BCUT2D eigenvalue weighted by Gasteiger charge is 2.23. The van der Waals surface area contributed by atoms with Gasteiger partial charge in [0.25, 0.3) is 0 Å². The van der Waals surface area contributed by atoms with Crippen LogP contribution in [-0.2, 0) is 4.74 Å². The molecule has 0 fully saturated rings. The second-order valence-corrected chi connectivity index (χ2v) is 4.30. The van der Waals surface area contributed by atoms with Crippen LogP contribution in [0.4, 0.5) is 13.2 Å². The van der Waals surface area contributed by atoms with Crippen molar-refractivity contribution in [2.24, 2.45) is 0 Å². The average Bonchev–Trinajstić information content (AvgIpc) is 2.39. The predicted octanol–water partition coefficient (Wildman–Crippen LogP) is 4.52. The lowest BCUT2D eigenvalue weighted by molar-refractivity contribution is 0.128. The first kappa shape index (κ1) is 12.7. The molecule has 0 saturated heterocycles. The first-order valence-electron chi connectivity index (χ1n) is 5.70. The van der Waals surface area contributed by atoms with Gasteiger partial charge in [-0.05, 0) is 49.6 Å². The van der Waals surface area contributed by atoms with Crippen molar-refractivity contribution in [2.45, 2.75) is 25.9 Å². The molecule has 0 bridgehead atoms. The van der Waals surface area contributed by atoms with Crippen molar-refractivity contribution in [1.82, 2.24) is 0 Å². The monoisotopic (exact) mass is 254 g/mol. The molecule has 0 radical (unpaired) electrons. The fourth-order valence-corrected chi connectivity index (χ4v) is 1.75. The molecule has 1 aromatic rings. The molecule has 1 heterocycles. The highest BCUT2D eigenvalue weighted by Crippen LogP contribution is 2.30. The van der Waals surface area contributed by atoms with Crippen molar-refractivity contribution < 1.29 is 17.9 Å². The SMILES string of the molecule is CC1=COC(/C(F)=C(\F)c2ccc(F)cc2)CC1. The molecule has 0 amide bonds. The second kappa shape index (κ2) is 5.29. The molecule has 0 aliphatic carbocycles. The van der Waals surface area contributed by atoms with E-state index in [2.05, 4.69) is 0 Å². The third-order valence-electron chi connectivity index (χ3n) is 2.82. The van der Waals surface area contributed by atoms with Crippen LogP contribution in [0, 0.1) is 5.82 Å². The largest absolute Gasteiger partial charge is 0.491 e. The lowest BCUT2D eigenvalue weighted by atomic mass is 10.0. The van der Waals surface area contributed by atoms with E-state index in [1.54, 1.807) is 0 Å². The zero-order valence-electron chi connectivity index (χ0n) is 9.92. The van der Waals surface area contributed by atoms with Gasteiger partial charge in [-0.1, -0.05) is 0 Å². The Hall–Kier alpha value is -1.71. The minimum absolute atomic E-state index is 0.0174. The molecule has 2 rings (SSSR count). The number of rotatable bonds is 2. The molecule has 96 valence electrons. The molecular weight excluding hydrogens is 241 g/mol. The molecule has 1 unspecified atom stereocenters. The summed E-state index contributed by atoms with van der Waals surface area (Å²) < 4.78 is 45.5. The van der Waals surface area contributed by atoms with Gasteiger partial charge in [0.2, 0.25) is 0 Å². The first-order chi connectivity index (χ1) is 8.58. The van der Waals surface area contributed by atoms with Crippen molar-refractivity contribution in [2.75, 3.05) is 0 Å². The predicted molar refractivity (Wildman–Crippen MR) is 63.4 cm³/mol. The van der Waals surface area contributed by atoms with Crippen molar-refractivity contribution >= 4 is 5.83 Å². The lowest BCUT2D eigenvalue weighted by Crippen LogP contribution is -2.15. The van der Waals surface area contributed by atoms with E-state index in [4.69, 9.17) is 4.74 Å². The number of allylic oxidation sites excluding steroid dienone is 1. The fourth-order valence-electron chi connectivity index (χ4n) is 1.75. The third kappa shape index (κ3) is 2.75. The van der Waals surface area contributed by atoms with Crippen LogP contribution < -0.4 is 0 Å². The van der Waals surface area contributed by atoms with Crippen LogP contribution >= 0.6 is 0 Å². The Kier molecular flexibility index (Phi) is 3.75. The smallest absolute Gasteiger partial charge is 0.176 e. The molecule has 18 heavy (non-hydrogen) atoms. The number of benzene rings is 1. The molecule has 1 aromatic carbocycles. The van der Waals surface area contributed by atoms with Gasteiger partial charge in [0, 0.05) is 5.56 Å². The molecule has 0 N–H and O–H groups in total. The highest BCUT2D eigenvalue weighted by molar-refractivity contribution is 5.61. The summed E-state index contributed by atoms with van der Waals surface area (Å²) in [5.41, 5.74) is 1.02. The quantitative estimate of drug-likeness (QED) is 0.754. The number of ether oxygens (including phenoxy) is 1. The summed E-state index contributed by atoms with van der Waals surface area (Å²) in [7, 11) is 0. The molecule has 1 aliphatic rings. The van der Waals surface area contributed by atoms with Crippen LogP contribution in [0.15, 0.2) is 41.9 Å². The van der Waals surface area contributed by atoms with E-state index in [-0.39, 0.29) is 5.56 Å². The zero-order chi connectivity index (χ0) is 13.1. The summed E-state index contributed by atoms with van der Waals surface area (Å²) in [4.78, 5) is 0. The molecule has 0 saturated carbocycles. The number of hydrogen-bond acceptors (Lipinski definition) is 1. The van der Waals surface area contributed by atoms with Crippen molar-refractivity contribution in [1.29, 1.82) is 0 Å². The van der Waals surface area contributed by atoms with E-state index in [9.17, 15) is 13.2 Å². The van der Waals surface area contributed by atoms with Crippen LogP contribution in [0.3, 0.4) is 0 Å². The maximum atomic E-state index is 13.9. The molecule has 0 spiro atoms. The van der Waals surface area contributed by atoms with Gasteiger partial charge < -0.3 is 4.74 Å². The minimum Gasteiger partial charge on any atom is -0.491 e. The topological polar surface area (TPSA) is 9.23 Å². The maximum absolute atomic E-state index is 13.9. The molecule has 0 aromatic heterocycles. The van der Waals surface area contributed by atoms with Crippen LogP contribution in [0.1, 0.15) is 25.3 Å². The first-order valence-corrected chi connectivity index (χ1v) is 5.70. The van der Waals surface area contributed by atoms with E-state index in [0.29, 0.717) is 12.8 Å². The van der Waals surface area contributed by atoms with Crippen molar-refractivity contribution in [3.63, 3.8) is 0 Å². The van der Waals surface area contributed by atoms with Gasteiger partial charge >= 0.3 is 0 Å². The normalized spacial score (nSPS) is 20.9. The van der Waals surface area contributed by atoms with E-state index in [1.165, 1.54) is 18.4 Å². The van der Waals surface area contributed by atoms with Crippen LogP contribution in [0.2, 0.25) is 0 Å². The van der Waals surface area contributed by atoms with Crippen molar-refractivity contribution in [3.05, 3.63) is 53.3 Å². The third-order valence-corrected chi connectivity index (χ3v) is 2.82. The zero-order valence-corrected chi connectivity index (χ0v) is 9.92. The van der Waals surface area contributed by atoms with Crippen LogP contribution in [-0.4, -0.2) is 6.10 Å². The van der Waals surface area contributed by atoms with E-state index < -0.39 is 23.6 Å². The Morgan fingerprint density at radius 3 is 2.44 bits per heavy atom. The lowest BCUT2D eigenvalue weighted by Gasteiger charge is -2.20. The summed E-state index contributed by atoms with van der Waals surface area (Å²) in [6.45, 7) is 1.87. The highest BCUT2D eigenvalue weighted by atomic mass is 19.2. The average molecular weight is 254 g/mol. The van der Waals surface area contributed by atoms with Gasteiger partial charge in [-0.3, -0.25) is 0 Å². The standard InChI is InChI=1S/C14H13F3O/c1-9-2-7-12(18-8-9)14(17)13(16)10-3-5-11(15)6-4-10/h3-6,8,12H,2,7H2,1H3/b14-13+. The number of hydrogen-bond donors (Lipinski definition) is 0. The van der Waals surface area contributed by atoms with E-state index in [1.807, 2.05) is 6.92 Å². The minimum atomic E-state index is -0.993. The Balaban J connectivity index is 2.22. The Morgan fingerprint density at radius 2 is 1.89 bits per heavy atom. The van der Waals surface area contributed by atoms with Gasteiger partial charge in [0.1, 0.15) is 5.82 Å². The van der Waals surface area contributed by atoms with Gasteiger partial charge in [-0.2, -0.15) is 0 Å². The Labute approximate surface area is 104 Å². The van der Waals surface area contributed by atoms with E-state index >= 15 is 0 Å². The van der Waals surface area contributed by atoms with Gasteiger partial charge in [-0.15, -0.1) is 0 Å². The Bertz CT molecular complexity index is 488. The summed E-state index contributed by atoms with van der Waals surface area (Å²) in [6.07, 6.45) is 1.64. The molecule has 1 aliphatic heterocycles. The van der Waals surface area contributed by atoms with Crippen molar-refractivity contribution in [3.8, 4) is 0 Å². The maximum Gasteiger partial charge on any atom is 0.176 e. The van der Waals surface area contributed by atoms with Gasteiger partial charge in [0.15, 0.2) is 17.8 Å². The summed E-state index contributed by atoms with van der Waals surface area (Å²) in [5, 5.41) is 0. The molecule has 4 heteroatoms. The summed E-state index contributed by atoms with van der Waals surface area (Å²) in [6, 6.07) is 4.59. The van der Waals surface area contributed by atoms with Crippen LogP contribution in [0.25, 0.3) is 5.83 Å². The van der Waals surface area contributed by atoms with Gasteiger partial charge in [0.05, 0.1) is 6.26 Å². The second-order valence-electron chi connectivity index (χ2n) is 4.30. The summed E-state index contributed by atoms with van der Waals surface area (Å²) >= 11 is 0. The summed E-state index contributed by atoms with van der Waals surface area (Å²) in [5.74, 6) is -2.42. The van der Waals surface area contributed by atoms with Crippen LogP contribution in [0.5, 0.6) is 0 Å². The number of halogens is 3. The molecule has 1 atom stereocenters. The molecular formula is C14H13F3O. The molecule has 1 nitrogen and oxygen atoms in total. The van der Waals surface area contributed by atoms with E-state index in [0.717, 1.165) is 17.7 Å². The van der Waals surface area contributed by atoms with Gasteiger partial charge in [-0.25, -0.2) is 13.2 Å². The fraction of sp³-hybridized carbons (Fsp3) is 0.286.